The van der Waals surface area contributed by atoms with Gasteiger partial charge in [0.2, 0.25) is 0 Å². The maximum Gasteiger partial charge on any atom is 0.420 e. The molecule has 1 saturated heterocycles. The summed E-state index contributed by atoms with van der Waals surface area (Å²) in [6.07, 6.45) is 1.70. The van der Waals surface area contributed by atoms with Crippen molar-refractivity contribution < 1.29 is 27.5 Å². The van der Waals surface area contributed by atoms with Crippen LogP contribution in [0, 0.1) is 11.8 Å². The summed E-state index contributed by atoms with van der Waals surface area (Å²) >= 11 is 0. The van der Waals surface area contributed by atoms with Crippen molar-refractivity contribution in [2.75, 3.05) is 20.2 Å². The molecule has 2 aromatic heterocycles. The monoisotopic (exact) mass is 559 g/mol. The predicted octanol–water partition coefficient (Wildman–Crippen LogP) is 4.07. The normalized spacial score (nSPS) is 16.8. The number of aromatic nitrogens is 3. The molecule has 5 rings (SSSR count). The zero-order valence-corrected chi connectivity index (χ0v) is 22.4. The van der Waals surface area contributed by atoms with Crippen LogP contribution in [-0.4, -0.2) is 59.5 Å². The number of halogens is 3. The number of esters is 1. The van der Waals surface area contributed by atoms with E-state index in [2.05, 4.69) is 26.8 Å². The third-order valence-corrected chi connectivity index (χ3v) is 7.66. The zero-order chi connectivity index (χ0) is 29.0. The van der Waals surface area contributed by atoms with Crippen LogP contribution in [0.15, 0.2) is 48.8 Å². The van der Waals surface area contributed by atoms with E-state index in [1.165, 1.54) is 7.11 Å². The highest BCUT2D eigenvalue weighted by Crippen LogP contribution is 2.50. The van der Waals surface area contributed by atoms with Crippen molar-refractivity contribution >= 4 is 19.6 Å². The number of piperidine rings is 1. The zero-order valence-electron chi connectivity index (χ0n) is 22.4. The molecular formula is C30H27BF3N4O3. The third-order valence-electron chi connectivity index (χ3n) is 7.66. The van der Waals surface area contributed by atoms with Gasteiger partial charge in [-0.25, -0.2) is 9.97 Å². The van der Waals surface area contributed by atoms with E-state index in [4.69, 9.17) is 4.74 Å². The number of carbonyl (C=O) groups excluding carboxylic acids is 2. The lowest BCUT2D eigenvalue weighted by atomic mass is 9.85. The highest BCUT2D eigenvalue weighted by molar-refractivity contribution is 6.64. The Morgan fingerprint density at radius 2 is 1.88 bits per heavy atom. The summed E-state index contributed by atoms with van der Waals surface area (Å²) in [6.45, 7) is 1.56. The van der Waals surface area contributed by atoms with Crippen molar-refractivity contribution in [1.29, 1.82) is 0 Å². The molecule has 209 valence electrons. The summed E-state index contributed by atoms with van der Waals surface area (Å²) < 4.78 is 46.4. The quantitative estimate of drug-likeness (QED) is 0.187. The van der Waals surface area contributed by atoms with Gasteiger partial charge in [-0.1, -0.05) is 30.2 Å². The molecule has 1 radical (unpaired) electrons. The summed E-state index contributed by atoms with van der Waals surface area (Å²) in [4.78, 5) is 37.8. The summed E-state index contributed by atoms with van der Waals surface area (Å²) in [6, 6.07) is 10.7. The maximum atomic E-state index is 13.8. The van der Waals surface area contributed by atoms with Crippen molar-refractivity contribution in [3.8, 4) is 11.8 Å². The van der Waals surface area contributed by atoms with Gasteiger partial charge in [0.15, 0.2) is 0 Å². The van der Waals surface area contributed by atoms with Crippen LogP contribution < -0.4 is 0 Å². The molecule has 3 heterocycles. The molecule has 2 aliphatic rings. The number of nitrogens with zero attached hydrogens (tertiary/aromatic N) is 4. The molecular weight excluding hydrogens is 532 g/mol. The second-order valence-electron chi connectivity index (χ2n) is 10.3. The number of alkyl halides is 3. The van der Waals surface area contributed by atoms with Crippen LogP contribution in [0.25, 0.3) is 0 Å². The average molecular weight is 559 g/mol. The molecule has 0 atom stereocenters. The van der Waals surface area contributed by atoms with Gasteiger partial charge < -0.3 is 14.3 Å². The second-order valence-corrected chi connectivity index (χ2v) is 10.3. The molecule has 0 N–H and O–H groups in total. The van der Waals surface area contributed by atoms with Crippen molar-refractivity contribution in [2.24, 2.45) is 0 Å². The van der Waals surface area contributed by atoms with Gasteiger partial charge >= 0.3 is 12.1 Å². The van der Waals surface area contributed by atoms with Crippen molar-refractivity contribution in [2.45, 2.75) is 49.6 Å². The molecule has 1 aliphatic carbocycles. The number of methoxy groups -OCH3 is 1. The fourth-order valence-corrected chi connectivity index (χ4v) is 5.24. The van der Waals surface area contributed by atoms with E-state index in [1.807, 2.05) is 16.9 Å². The number of pyridine rings is 1. The van der Waals surface area contributed by atoms with Gasteiger partial charge in [-0.2, -0.15) is 13.2 Å². The molecule has 11 heteroatoms. The Morgan fingerprint density at radius 3 is 2.51 bits per heavy atom. The van der Waals surface area contributed by atoms with Gasteiger partial charge in [0.05, 0.1) is 18.7 Å². The molecule has 0 amide bonds. The van der Waals surface area contributed by atoms with Crippen molar-refractivity contribution in [3.63, 3.8) is 0 Å². The fraction of sp³-hybridized carbons (Fsp3) is 0.367. The van der Waals surface area contributed by atoms with Crippen molar-refractivity contribution in [1.82, 2.24) is 19.8 Å². The first-order valence-electron chi connectivity index (χ1n) is 13.3. The van der Waals surface area contributed by atoms with E-state index in [1.54, 1.807) is 37.9 Å². The average Bonchev–Trinajstić information content (AvgIpc) is 3.78. The largest absolute Gasteiger partial charge is 0.468 e. The van der Waals surface area contributed by atoms with E-state index in [0.717, 1.165) is 49.6 Å². The number of rotatable bonds is 7. The number of benzene rings is 1. The molecule has 7 nitrogen and oxygen atoms in total. The molecule has 0 unspecified atom stereocenters. The highest BCUT2D eigenvalue weighted by Gasteiger charge is 2.53. The number of hydrogen-bond acceptors (Lipinski definition) is 7. The molecule has 0 bridgehead atoms. The molecule has 41 heavy (non-hydrogen) atoms. The van der Waals surface area contributed by atoms with Gasteiger partial charge in [0.1, 0.15) is 17.1 Å². The molecule has 1 aliphatic heterocycles. The minimum absolute atomic E-state index is 0.189. The number of ether oxygens (including phenoxy) is 1. The Labute approximate surface area is 236 Å². The maximum absolute atomic E-state index is 13.8. The van der Waals surface area contributed by atoms with Crippen LogP contribution in [0.4, 0.5) is 13.2 Å². The molecule has 1 aromatic carbocycles. The van der Waals surface area contributed by atoms with Gasteiger partial charge in [-0.3, -0.25) is 9.78 Å². The van der Waals surface area contributed by atoms with E-state index in [-0.39, 0.29) is 24.1 Å². The minimum atomic E-state index is -4.69. The predicted molar refractivity (Wildman–Crippen MR) is 145 cm³/mol. The summed E-state index contributed by atoms with van der Waals surface area (Å²) in [7, 11) is 2.87. The summed E-state index contributed by atoms with van der Waals surface area (Å²) in [5, 5.41) is 0. The Kier molecular flexibility index (Phi) is 8.22. The first-order valence-corrected chi connectivity index (χ1v) is 13.3. The molecule has 1 saturated carbocycles. The first kappa shape index (κ1) is 28.5. The first-order chi connectivity index (χ1) is 19.7. The smallest absolute Gasteiger partial charge is 0.420 e. The highest BCUT2D eigenvalue weighted by atomic mass is 19.4. The minimum Gasteiger partial charge on any atom is -0.468 e. The standard InChI is InChI=1S/C30H27BF3N4O3/c1-41-28(40)29(12-13-29)23-5-3-2-4-21(23)7-9-26-24(30(32,33)34)18-36-27(37-26)16-20-6-8-25(35-17-20)22-10-14-38(15-11-22)31-19-39/h2-6,8,17-19,22H,10-16H2,1H3. The van der Waals surface area contributed by atoms with E-state index < -0.39 is 22.8 Å². The Balaban J connectivity index is 1.37. The molecule has 0 spiro atoms. The van der Waals surface area contributed by atoms with Crippen LogP contribution in [0.5, 0.6) is 0 Å². The third kappa shape index (κ3) is 6.33. The Bertz CT molecular complexity index is 1490. The Hall–Kier alpha value is -4.04. The van der Waals surface area contributed by atoms with E-state index in [0.29, 0.717) is 24.0 Å². The summed E-state index contributed by atoms with van der Waals surface area (Å²) in [5.41, 5.74) is 0.542. The SMILES string of the molecule is COC(=O)C1(c2ccccc2C#Cc2nc(Cc3ccc(C4CCN([B]C=O)CC4)nc3)ncc2C(F)(F)F)CC1. The topological polar surface area (TPSA) is 85.3 Å². The number of hydrogen-bond donors (Lipinski definition) is 0. The molecule has 3 aromatic rings. The number of carbonyl (C=O) groups is 2. The van der Waals surface area contributed by atoms with E-state index >= 15 is 0 Å². The van der Waals surface area contributed by atoms with Gasteiger partial charge in [-0.15, -0.1) is 0 Å². The summed E-state index contributed by atoms with van der Waals surface area (Å²) in [5.74, 6) is 5.52. The Morgan fingerprint density at radius 1 is 1.12 bits per heavy atom. The van der Waals surface area contributed by atoms with Gasteiger partial charge in [-0.05, 0) is 68.0 Å². The lowest BCUT2D eigenvalue weighted by Crippen LogP contribution is -2.36. The van der Waals surface area contributed by atoms with E-state index in [9.17, 15) is 22.8 Å². The second kappa shape index (κ2) is 11.8. The van der Waals surface area contributed by atoms with Crippen LogP contribution in [-0.2, 0) is 32.3 Å². The fourth-order valence-electron chi connectivity index (χ4n) is 5.24. The van der Waals surface area contributed by atoms with Crippen LogP contribution >= 0.6 is 0 Å². The van der Waals surface area contributed by atoms with Gasteiger partial charge in [0, 0.05) is 36.0 Å². The van der Waals surface area contributed by atoms with Crippen LogP contribution in [0.3, 0.4) is 0 Å². The van der Waals surface area contributed by atoms with Crippen molar-refractivity contribution in [3.05, 3.63) is 88.3 Å². The van der Waals surface area contributed by atoms with Crippen LogP contribution in [0.2, 0.25) is 0 Å². The van der Waals surface area contributed by atoms with Crippen LogP contribution in [0.1, 0.15) is 71.1 Å². The molecule has 2 fully saturated rings. The van der Waals surface area contributed by atoms with Gasteiger partial charge in [0.25, 0.3) is 7.41 Å². The lowest BCUT2D eigenvalue weighted by molar-refractivity contribution is -0.143. The lowest BCUT2D eigenvalue weighted by Gasteiger charge is -2.30.